The van der Waals surface area contributed by atoms with Gasteiger partial charge in [-0.3, -0.25) is 4.68 Å². The molecule has 104 valence electrons. The van der Waals surface area contributed by atoms with Crippen molar-refractivity contribution in [3.63, 3.8) is 0 Å². The molecule has 0 aliphatic carbocycles. The Morgan fingerprint density at radius 2 is 2.00 bits per heavy atom. The van der Waals surface area contributed by atoms with Crippen molar-refractivity contribution < 1.29 is 0 Å². The molecule has 0 fully saturated rings. The predicted octanol–water partition coefficient (Wildman–Crippen LogP) is 2.10. The molecule has 0 aliphatic heterocycles. The SMILES string of the molecule is CCNC(C)C(c1ncnc2c1cnn2C)C(C)C. The maximum Gasteiger partial charge on any atom is 0.161 e. The molecule has 2 aromatic rings. The van der Waals surface area contributed by atoms with Gasteiger partial charge in [0.1, 0.15) is 6.33 Å². The molecule has 0 bridgehead atoms. The van der Waals surface area contributed by atoms with Crippen LogP contribution >= 0.6 is 0 Å². The summed E-state index contributed by atoms with van der Waals surface area (Å²) in [5, 5.41) is 8.87. The van der Waals surface area contributed by atoms with Crippen LogP contribution < -0.4 is 5.32 Å². The van der Waals surface area contributed by atoms with Gasteiger partial charge in [-0.25, -0.2) is 9.97 Å². The second kappa shape index (κ2) is 5.65. The Labute approximate surface area is 114 Å². The molecule has 5 heteroatoms. The minimum absolute atomic E-state index is 0.356. The highest BCUT2D eigenvalue weighted by molar-refractivity contribution is 5.77. The number of hydrogen-bond acceptors (Lipinski definition) is 4. The third-order valence-corrected chi connectivity index (χ3v) is 3.66. The monoisotopic (exact) mass is 261 g/mol. The number of aryl methyl sites for hydroxylation is 1. The molecule has 2 unspecified atom stereocenters. The smallest absolute Gasteiger partial charge is 0.161 e. The third-order valence-electron chi connectivity index (χ3n) is 3.66. The van der Waals surface area contributed by atoms with Crippen LogP contribution in [0.25, 0.3) is 11.0 Å². The zero-order valence-corrected chi connectivity index (χ0v) is 12.4. The van der Waals surface area contributed by atoms with Gasteiger partial charge in [0.15, 0.2) is 5.65 Å². The largest absolute Gasteiger partial charge is 0.314 e. The van der Waals surface area contributed by atoms with E-state index < -0.39 is 0 Å². The summed E-state index contributed by atoms with van der Waals surface area (Å²) in [6.07, 6.45) is 3.52. The molecule has 0 aliphatic rings. The number of nitrogens with one attached hydrogen (secondary N) is 1. The van der Waals surface area contributed by atoms with Crippen molar-refractivity contribution in [1.29, 1.82) is 0 Å². The minimum Gasteiger partial charge on any atom is -0.314 e. The van der Waals surface area contributed by atoms with Gasteiger partial charge in [0.2, 0.25) is 0 Å². The van der Waals surface area contributed by atoms with E-state index in [-0.39, 0.29) is 0 Å². The highest BCUT2D eigenvalue weighted by Crippen LogP contribution is 2.30. The van der Waals surface area contributed by atoms with Crippen LogP contribution in [-0.2, 0) is 7.05 Å². The van der Waals surface area contributed by atoms with E-state index in [9.17, 15) is 0 Å². The van der Waals surface area contributed by atoms with E-state index in [2.05, 4.69) is 48.1 Å². The van der Waals surface area contributed by atoms with Crippen LogP contribution in [0, 0.1) is 5.92 Å². The fourth-order valence-corrected chi connectivity index (χ4v) is 2.82. The van der Waals surface area contributed by atoms with Gasteiger partial charge < -0.3 is 5.32 Å². The van der Waals surface area contributed by atoms with Gasteiger partial charge in [-0.1, -0.05) is 20.8 Å². The molecule has 5 nitrogen and oxygen atoms in total. The highest BCUT2D eigenvalue weighted by Gasteiger charge is 2.26. The quantitative estimate of drug-likeness (QED) is 0.895. The molecule has 0 saturated carbocycles. The van der Waals surface area contributed by atoms with E-state index in [1.165, 1.54) is 0 Å². The third kappa shape index (κ3) is 2.61. The fraction of sp³-hybridized carbons (Fsp3) is 0.643. The molecule has 0 saturated heterocycles. The standard InChI is InChI=1S/C14H23N5/c1-6-15-10(4)12(9(2)3)13-11-7-18-19(5)14(11)17-8-16-13/h7-10,12,15H,6H2,1-5H3. The topological polar surface area (TPSA) is 55.6 Å². The van der Waals surface area contributed by atoms with Crippen molar-refractivity contribution >= 4 is 11.0 Å². The van der Waals surface area contributed by atoms with Crippen LogP contribution in [0.1, 0.15) is 39.3 Å². The van der Waals surface area contributed by atoms with Crippen LogP contribution in [0.2, 0.25) is 0 Å². The summed E-state index contributed by atoms with van der Waals surface area (Å²) in [5.41, 5.74) is 2.00. The lowest BCUT2D eigenvalue weighted by Crippen LogP contribution is -2.35. The summed E-state index contributed by atoms with van der Waals surface area (Å²) in [6, 6.07) is 0.378. The molecule has 2 aromatic heterocycles. The van der Waals surface area contributed by atoms with E-state index in [4.69, 9.17) is 0 Å². The Morgan fingerprint density at radius 3 is 2.63 bits per heavy atom. The van der Waals surface area contributed by atoms with E-state index in [0.29, 0.717) is 17.9 Å². The molecule has 0 aromatic carbocycles. The first-order valence-corrected chi connectivity index (χ1v) is 6.92. The van der Waals surface area contributed by atoms with Crippen LogP contribution in [0.15, 0.2) is 12.5 Å². The number of aromatic nitrogens is 4. The van der Waals surface area contributed by atoms with Gasteiger partial charge in [0.05, 0.1) is 17.3 Å². The zero-order chi connectivity index (χ0) is 14.0. The summed E-state index contributed by atoms with van der Waals surface area (Å²) in [7, 11) is 1.91. The Morgan fingerprint density at radius 1 is 1.26 bits per heavy atom. The molecule has 2 rings (SSSR count). The highest BCUT2D eigenvalue weighted by atomic mass is 15.3. The molecule has 19 heavy (non-hydrogen) atoms. The molecule has 2 atom stereocenters. The fourth-order valence-electron chi connectivity index (χ4n) is 2.82. The number of likely N-dealkylation sites (N-methyl/N-ethyl adjacent to an activating group) is 1. The lowest BCUT2D eigenvalue weighted by Gasteiger charge is -2.27. The number of rotatable bonds is 5. The summed E-state index contributed by atoms with van der Waals surface area (Å²) in [4.78, 5) is 8.86. The first-order valence-electron chi connectivity index (χ1n) is 6.92. The van der Waals surface area contributed by atoms with E-state index in [0.717, 1.165) is 23.3 Å². The minimum atomic E-state index is 0.356. The predicted molar refractivity (Wildman–Crippen MR) is 77.0 cm³/mol. The Hall–Kier alpha value is -1.49. The van der Waals surface area contributed by atoms with Gasteiger partial charge in [-0.2, -0.15) is 5.10 Å². The lowest BCUT2D eigenvalue weighted by atomic mass is 9.85. The zero-order valence-electron chi connectivity index (χ0n) is 12.4. The molecular formula is C14H23N5. The van der Waals surface area contributed by atoms with Crippen molar-refractivity contribution in [2.24, 2.45) is 13.0 Å². The van der Waals surface area contributed by atoms with Crippen LogP contribution in [-0.4, -0.2) is 32.3 Å². The molecule has 0 radical (unpaired) electrons. The Balaban J connectivity index is 2.50. The average Bonchev–Trinajstić information content (AvgIpc) is 2.72. The van der Waals surface area contributed by atoms with Gasteiger partial charge >= 0.3 is 0 Å². The van der Waals surface area contributed by atoms with Crippen molar-refractivity contribution in [2.45, 2.75) is 39.7 Å². The molecule has 2 heterocycles. The van der Waals surface area contributed by atoms with Crippen LogP contribution in [0.5, 0.6) is 0 Å². The van der Waals surface area contributed by atoms with Crippen molar-refractivity contribution in [3.8, 4) is 0 Å². The normalized spacial score (nSPS) is 15.1. The summed E-state index contributed by atoms with van der Waals surface area (Å²) >= 11 is 0. The lowest BCUT2D eigenvalue weighted by molar-refractivity contribution is 0.378. The Bertz CT molecular complexity index is 546. The van der Waals surface area contributed by atoms with E-state index in [1.54, 1.807) is 11.0 Å². The summed E-state index contributed by atoms with van der Waals surface area (Å²) in [5.74, 6) is 0.863. The molecule has 0 spiro atoms. The Kier molecular flexibility index (Phi) is 4.14. The van der Waals surface area contributed by atoms with Gasteiger partial charge in [-0.15, -0.1) is 0 Å². The van der Waals surface area contributed by atoms with Gasteiger partial charge in [0.25, 0.3) is 0 Å². The molecule has 0 amide bonds. The number of fused-ring (bicyclic) bond motifs is 1. The van der Waals surface area contributed by atoms with Crippen LogP contribution in [0.4, 0.5) is 0 Å². The second-order valence-corrected chi connectivity index (χ2v) is 5.38. The summed E-state index contributed by atoms with van der Waals surface area (Å²) < 4.78 is 1.80. The van der Waals surface area contributed by atoms with Gasteiger partial charge in [-0.05, 0) is 19.4 Å². The first-order chi connectivity index (χ1) is 9.06. The average molecular weight is 261 g/mol. The molecule has 1 N–H and O–H groups in total. The summed E-state index contributed by atoms with van der Waals surface area (Å²) in [6.45, 7) is 9.79. The number of hydrogen-bond donors (Lipinski definition) is 1. The van der Waals surface area contributed by atoms with Crippen molar-refractivity contribution in [3.05, 3.63) is 18.2 Å². The first kappa shape index (κ1) is 13.9. The van der Waals surface area contributed by atoms with E-state index >= 15 is 0 Å². The number of nitrogens with zero attached hydrogens (tertiary/aromatic N) is 4. The van der Waals surface area contributed by atoms with Crippen LogP contribution in [0.3, 0.4) is 0 Å². The second-order valence-electron chi connectivity index (χ2n) is 5.38. The maximum atomic E-state index is 4.54. The van der Waals surface area contributed by atoms with E-state index in [1.807, 2.05) is 13.2 Å². The van der Waals surface area contributed by atoms with Gasteiger partial charge in [0, 0.05) is 19.0 Å². The van der Waals surface area contributed by atoms with Crippen molar-refractivity contribution in [2.75, 3.05) is 6.54 Å². The van der Waals surface area contributed by atoms with Crippen molar-refractivity contribution in [1.82, 2.24) is 25.1 Å². The molecular weight excluding hydrogens is 238 g/mol. The maximum absolute atomic E-state index is 4.54.